The first-order valence-corrected chi connectivity index (χ1v) is 7.88. The summed E-state index contributed by atoms with van der Waals surface area (Å²) in [5.74, 6) is -0.844. The van der Waals surface area contributed by atoms with Gasteiger partial charge in [0.2, 0.25) is 10.0 Å². The molecule has 0 radical (unpaired) electrons. The van der Waals surface area contributed by atoms with Crippen molar-refractivity contribution >= 4 is 21.7 Å². The molecule has 0 aliphatic rings. The van der Waals surface area contributed by atoms with E-state index in [0.717, 1.165) is 12.5 Å². The van der Waals surface area contributed by atoms with E-state index in [-0.39, 0.29) is 16.5 Å². The first kappa shape index (κ1) is 16.5. The predicted octanol–water partition coefficient (Wildman–Crippen LogP) is 1.88. The molecule has 0 saturated heterocycles. The molecular weight excluding hydrogens is 280 g/mol. The lowest BCUT2D eigenvalue weighted by Gasteiger charge is -2.22. The first-order chi connectivity index (χ1) is 9.16. The zero-order chi connectivity index (χ0) is 15.5. The standard InChI is InChI=1S/C13H20N2O4S/c1-4-8(2)9(3)15-12-6-5-10(20(14,18)19)7-11(12)13(16)17/h5-9,15H,4H2,1-3H3,(H,16,17)(H2,14,18,19). The number of carboxylic acids is 1. The zero-order valence-corrected chi connectivity index (χ0v) is 12.6. The molecule has 0 amide bonds. The van der Waals surface area contributed by atoms with E-state index in [1.165, 1.54) is 12.1 Å². The molecule has 0 bridgehead atoms. The number of hydrogen-bond acceptors (Lipinski definition) is 4. The Kier molecular flexibility index (Phi) is 5.13. The molecule has 20 heavy (non-hydrogen) atoms. The van der Waals surface area contributed by atoms with E-state index in [2.05, 4.69) is 12.2 Å². The molecule has 0 fully saturated rings. The smallest absolute Gasteiger partial charge is 0.337 e. The Labute approximate surface area is 119 Å². The molecule has 0 heterocycles. The maximum Gasteiger partial charge on any atom is 0.337 e. The van der Waals surface area contributed by atoms with Crippen molar-refractivity contribution in [3.63, 3.8) is 0 Å². The second-order valence-corrected chi connectivity index (χ2v) is 6.44. The summed E-state index contributed by atoms with van der Waals surface area (Å²) in [6.45, 7) is 6.05. The summed E-state index contributed by atoms with van der Waals surface area (Å²) in [6, 6.07) is 3.87. The number of nitrogens with two attached hydrogens (primary N) is 1. The highest BCUT2D eigenvalue weighted by Crippen LogP contribution is 2.22. The maximum absolute atomic E-state index is 11.3. The third-order valence-electron chi connectivity index (χ3n) is 3.43. The number of benzene rings is 1. The Morgan fingerprint density at radius 3 is 2.45 bits per heavy atom. The monoisotopic (exact) mass is 300 g/mol. The summed E-state index contributed by atoms with van der Waals surface area (Å²) < 4.78 is 22.5. The molecule has 0 saturated carbocycles. The number of anilines is 1. The summed E-state index contributed by atoms with van der Waals surface area (Å²) in [6.07, 6.45) is 0.950. The fraction of sp³-hybridized carbons (Fsp3) is 0.462. The van der Waals surface area contributed by atoms with Gasteiger partial charge in [0.1, 0.15) is 0 Å². The van der Waals surface area contributed by atoms with Crippen LogP contribution in [0.25, 0.3) is 0 Å². The zero-order valence-electron chi connectivity index (χ0n) is 11.8. The average Bonchev–Trinajstić information content (AvgIpc) is 2.36. The van der Waals surface area contributed by atoms with Gasteiger partial charge >= 0.3 is 5.97 Å². The van der Waals surface area contributed by atoms with Gasteiger partial charge in [-0.25, -0.2) is 18.4 Å². The van der Waals surface area contributed by atoms with E-state index >= 15 is 0 Å². The Hall–Kier alpha value is -1.60. The highest BCUT2D eigenvalue weighted by molar-refractivity contribution is 7.89. The molecule has 2 atom stereocenters. The molecule has 0 aromatic heterocycles. The Morgan fingerprint density at radius 2 is 2.00 bits per heavy atom. The predicted molar refractivity (Wildman–Crippen MR) is 77.3 cm³/mol. The minimum absolute atomic E-state index is 0.0680. The summed E-state index contributed by atoms with van der Waals surface area (Å²) in [5, 5.41) is 17.3. The van der Waals surface area contributed by atoms with Gasteiger partial charge in [-0.1, -0.05) is 20.3 Å². The third kappa shape index (κ3) is 3.94. The van der Waals surface area contributed by atoms with Crippen LogP contribution in [0.2, 0.25) is 0 Å². The Balaban J connectivity index is 3.18. The lowest BCUT2D eigenvalue weighted by molar-refractivity contribution is 0.0697. The average molecular weight is 300 g/mol. The number of nitrogens with one attached hydrogen (secondary N) is 1. The van der Waals surface area contributed by atoms with E-state index in [4.69, 9.17) is 5.14 Å². The van der Waals surface area contributed by atoms with Crippen LogP contribution in [0.1, 0.15) is 37.6 Å². The summed E-state index contributed by atoms with van der Waals surface area (Å²) in [7, 11) is -3.92. The van der Waals surface area contributed by atoms with Gasteiger partial charge in [0.25, 0.3) is 0 Å². The summed E-state index contributed by atoms with van der Waals surface area (Å²) >= 11 is 0. The van der Waals surface area contributed by atoms with E-state index in [1.54, 1.807) is 0 Å². The van der Waals surface area contributed by atoms with Crippen molar-refractivity contribution in [2.24, 2.45) is 11.1 Å². The highest BCUT2D eigenvalue weighted by Gasteiger charge is 2.18. The second kappa shape index (κ2) is 6.23. The molecule has 112 valence electrons. The molecule has 1 aromatic carbocycles. The van der Waals surface area contributed by atoms with Gasteiger partial charge in [0.05, 0.1) is 10.5 Å². The van der Waals surface area contributed by atoms with Crippen molar-refractivity contribution < 1.29 is 18.3 Å². The fourth-order valence-electron chi connectivity index (χ4n) is 1.74. The minimum Gasteiger partial charge on any atom is -0.478 e. The number of hydrogen-bond donors (Lipinski definition) is 3. The fourth-order valence-corrected chi connectivity index (χ4v) is 2.28. The van der Waals surface area contributed by atoms with Crippen molar-refractivity contribution in [3.8, 4) is 0 Å². The molecule has 2 unspecified atom stereocenters. The van der Waals surface area contributed by atoms with E-state index in [0.29, 0.717) is 11.6 Å². The molecule has 1 rings (SSSR count). The lowest BCUT2D eigenvalue weighted by Crippen LogP contribution is -2.24. The molecule has 4 N–H and O–H groups in total. The molecular formula is C13H20N2O4S. The van der Waals surface area contributed by atoms with Crippen LogP contribution < -0.4 is 10.5 Å². The van der Waals surface area contributed by atoms with Gasteiger partial charge in [-0.3, -0.25) is 0 Å². The van der Waals surface area contributed by atoms with Crippen LogP contribution in [0.5, 0.6) is 0 Å². The molecule has 0 aliphatic heterocycles. The number of carboxylic acid groups (broad SMARTS) is 1. The maximum atomic E-state index is 11.3. The number of sulfonamides is 1. The van der Waals surface area contributed by atoms with E-state index < -0.39 is 16.0 Å². The number of rotatable bonds is 6. The number of aromatic carboxylic acids is 1. The van der Waals surface area contributed by atoms with E-state index in [9.17, 15) is 18.3 Å². The van der Waals surface area contributed by atoms with Gasteiger partial charge in [0.15, 0.2) is 0 Å². The topological polar surface area (TPSA) is 109 Å². The van der Waals surface area contributed by atoms with Crippen molar-refractivity contribution in [2.75, 3.05) is 5.32 Å². The summed E-state index contributed by atoms with van der Waals surface area (Å²) in [5.41, 5.74) is 0.282. The van der Waals surface area contributed by atoms with Crippen LogP contribution in [0.15, 0.2) is 23.1 Å². The first-order valence-electron chi connectivity index (χ1n) is 6.33. The normalized spacial score (nSPS) is 14.6. The van der Waals surface area contributed by atoms with Crippen LogP contribution in [0.3, 0.4) is 0 Å². The molecule has 6 nitrogen and oxygen atoms in total. The van der Waals surface area contributed by atoms with Crippen molar-refractivity contribution in [1.29, 1.82) is 0 Å². The third-order valence-corrected chi connectivity index (χ3v) is 4.34. The van der Waals surface area contributed by atoms with Crippen molar-refractivity contribution in [3.05, 3.63) is 23.8 Å². The summed E-state index contributed by atoms with van der Waals surface area (Å²) in [4.78, 5) is 11.0. The Bertz CT molecular complexity index is 598. The molecule has 1 aromatic rings. The lowest BCUT2D eigenvalue weighted by atomic mass is 10.00. The van der Waals surface area contributed by atoms with Gasteiger partial charge in [-0.05, 0) is 31.0 Å². The largest absolute Gasteiger partial charge is 0.478 e. The van der Waals surface area contributed by atoms with Crippen LogP contribution in [0, 0.1) is 5.92 Å². The molecule has 7 heteroatoms. The minimum atomic E-state index is -3.92. The second-order valence-electron chi connectivity index (χ2n) is 4.88. The van der Waals surface area contributed by atoms with Crippen molar-refractivity contribution in [1.82, 2.24) is 0 Å². The molecule has 0 aliphatic carbocycles. The van der Waals surface area contributed by atoms with E-state index in [1.807, 2.05) is 13.8 Å². The van der Waals surface area contributed by atoms with Crippen LogP contribution in [-0.2, 0) is 10.0 Å². The van der Waals surface area contributed by atoms with Gasteiger partial charge in [-0.15, -0.1) is 0 Å². The van der Waals surface area contributed by atoms with Crippen LogP contribution >= 0.6 is 0 Å². The van der Waals surface area contributed by atoms with Gasteiger partial charge in [0, 0.05) is 11.7 Å². The van der Waals surface area contributed by atoms with Gasteiger partial charge in [-0.2, -0.15) is 0 Å². The SMILES string of the molecule is CCC(C)C(C)Nc1ccc(S(N)(=O)=O)cc1C(=O)O. The van der Waals surface area contributed by atoms with Crippen molar-refractivity contribution in [2.45, 2.75) is 38.1 Å². The van der Waals surface area contributed by atoms with Gasteiger partial charge < -0.3 is 10.4 Å². The highest BCUT2D eigenvalue weighted by atomic mass is 32.2. The quantitative estimate of drug-likeness (QED) is 0.743. The Morgan fingerprint density at radius 1 is 1.40 bits per heavy atom. The van der Waals surface area contributed by atoms with Crippen LogP contribution in [-0.4, -0.2) is 25.5 Å². The molecule has 0 spiro atoms. The number of carbonyl (C=O) groups is 1. The number of primary sulfonamides is 1. The van der Waals surface area contributed by atoms with Crippen LogP contribution in [0.4, 0.5) is 5.69 Å².